The zero-order valence-corrected chi connectivity index (χ0v) is 11.9. The Balaban J connectivity index is 1.75. The van der Waals surface area contributed by atoms with Crippen molar-refractivity contribution in [1.82, 2.24) is 0 Å². The monoisotopic (exact) mass is 359 g/mol. The summed E-state index contributed by atoms with van der Waals surface area (Å²) in [4.78, 5) is 11.8. The van der Waals surface area contributed by atoms with Crippen LogP contribution in [0.25, 0.3) is 0 Å². The maximum Gasteiger partial charge on any atom is 0.331 e. The van der Waals surface area contributed by atoms with Gasteiger partial charge in [-0.25, -0.2) is 4.79 Å². The fraction of sp³-hybridized carbons (Fsp3) is 0.462. The molecule has 2 fully saturated rings. The summed E-state index contributed by atoms with van der Waals surface area (Å²) in [6.45, 7) is 0.685. The molecule has 0 amide bonds. The molecule has 0 saturated carbocycles. The summed E-state index contributed by atoms with van der Waals surface area (Å²) < 4.78 is 11.9. The molecule has 1 aromatic rings. The maximum atomic E-state index is 11.8. The molecule has 2 aliphatic heterocycles. The van der Waals surface area contributed by atoms with Gasteiger partial charge in [0.2, 0.25) is 6.29 Å². The number of anilines is 1. The predicted octanol–water partition coefficient (Wildman–Crippen LogP) is 2.38. The van der Waals surface area contributed by atoms with Crippen molar-refractivity contribution in [3.05, 3.63) is 27.8 Å². The van der Waals surface area contributed by atoms with Crippen molar-refractivity contribution in [2.45, 2.75) is 25.2 Å². The molecule has 4 nitrogen and oxygen atoms in total. The van der Waals surface area contributed by atoms with Crippen LogP contribution in [0.3, 0.4) is 0 Å². The minimum atomic E-state index is -0.354. The zero-order chi connectivity index (χ0) is 12.5. The van der Waals surface area contributed by atoms with Crippen LogP contribution in [0, 0.1) is 9.49 Å². The Hall–Kier alpha value is -0.820. The molecule has 0 unspecified atom stereocenters. The van der Waals surface area contributed by atoms with Crippen molar-refractivity contribution >= 4 is 34.2 Å². The molecule has 0 spiro atoms. The van der Waals surface area contributed by atoms with Gasteiger partial charge in [0.15, 0.2) is 0 Å². The highest BCUT2D eigenvalue weighted by molar-refractivity contribution is 14.1. The van der Waals surface area contributed by atoms with E-state index < -0.39 is 0 Å². The van der Waals surface area contributed by atoms with Crippen LogP contribution in [-0.4, -0.2) is 24.9 Å². The van der Waals surface area contributed by atoms with E-state index in [9.17, 15) is 4.79 Å². The number of benzene rings is 1. The topological polar surface area (TPSA) is 47.6 Å². The average Bonchev–Trinajstić information content (AvgIpc) is 2.69. The lowest BCUT2D eigenvalue weighted by atomic mass is 9.94. The van der Waals surface area contributed by atoms with Gasteiger partial charge in [-0.15, -0.1) is 0 Å². The lowest BCUT2D eigenvalue weighted by Crippen LogP contribution is -2.36. The van der Waals surface area contributed by atoms with Crippen LogP contribution in [0.5, 0.6) is 0 Å². The molecule has 0 bridgehead atoms. The highest BCUT2D eigenvalue weighted by atomic mass is 127. The summed E-state index contributed by atoms with van der Waals surface area (Å²) in [5.74, 6) is -0.0732. The summed E-state index contributed by atoms with van der Waals surface area (Å²) >= 11 is 2.26. The Bertz CT molecular complexity index is 448. The zero-order valence-electron chi connectivity index (χ0n) is 9.77. The van der Waals surface area contributed by atoms with Crippen molar-refractivity contribution in [3.8, 4) is 0 Å². The molecule has 96 valence electrons. The lowest BCUT2D eigenvalue weighted by molar-refractivity contribution is -0.174. The Kier molecular flexibility index (Phi) is 3.43. The summed E-state index contributed by atoms with van der Waals surface area (Å²) in [5.41, 5.74) is 0.948. The van der Waals surface area contributed by atoms with Gasteiger partial charge in [-0.05, 0) is 59.7 Å². The number of esters is 1. The molecule has 5 heteroatoms. The number of hydrogen-bond acceptors (Lipinski definition) is 4. The van der Waals surface area contributed by atoms with Gasteiger partial charge in [0.25, 0.3) is 0 Å². The number of ether oxygens (including phenoxy) is 2. The molecule has 0 radical (unpaired) electrons. The fourth-order valence-corrected chi connectivity index (χ4v) is 2.84. The third-order valence-electron chi connectivity index (χ3n) is 3.39. The summed E-state index contributed by atoms with van der Waals surface area (Å²) in [5, 5.41) is 3.26. The first kappa shape index (κ1) is 12.2. The van der Waals surface area contributed by atoms with Crippen LogP contribution in [0.15, 0.2) is 24.3 Å². The Morgan fingerprint density at radius 1 is 1.28 bits per heavy atom. The van der Waals surface area contributed by atoms with E-state index in [1.807, 2.05) is 24.3 Å². The third-order valence-corrected chi connectivity index (χ3v) is 4.11. The van der Waals surface area contributed by atoms with Crippen molar-refractivity contribution < 1.29 is 14.3 Å². The summed E-state index contributed by atoms with van der Waals surface area (Å²) in [6.07, 6.45) is 1.61. The van der Waals surface area contributed by atoms with Gasteiger partial charge in [-0.2, -0.15) is 0 Å². The number of hydrogen-bond donors (Lipinski definition) is 1. The SMILES string of the molecule is O=C1O[C@H]2OCCC[C@H]2[C@@H]1Nc1ccc(I)cc1. The Morgan fingerprint density at radius 2 is 2.06 bits per heavy atom. The minimum Gasteiger partial charge on any atom is -0.434 e. The van der Waals surface area contributed by atoms with Crippen LogP contribution < -0.4 is 5.32 Å². The quantitative estimate of drug-likeness (QED) is 0.651. The third kappa shape index (κ3) is 2.33. The Labute approximate surface area is 119 Å². The molecule has 1 aromatic carbocycles. The summed E-state index contributed by atoms with van der Waals surface area (Å²) in [7, 11) is 0. The second-order valence-corrected chi connectivity index (χ2v) is 5.86. The number of halogens is 1. The maximum absolute atomic E-state index is 11.8. The number of fused-ring (bicyclic) bond motifs is 1. The minimum absolute atomic E-state index is 0.130. The van der Waals surface area contributed by atoms with Crippen molar-refractivity contribution in [3.63, 3.8) is 0 Å². The van der Waals surface area contributed by atoms with Crippen molar-refractivity contribution in [2.24, 2.45) is 5.92 Å². The molecular formula is C13H14INO3. The van der Waals surface area contributed by atoms with Gasteiger partial charge in [0, 0.05) is 9.26 Å². The average molecular weight is 359 g/mol. The van der Waals surface area contributed by atoms with Crippen LogP contribution >= 0.6 is 22.6 Å². The standard InChI is InChI=1S/C13H14INO3/c14-8-3-5-9(6-4-8)15-11-10-2-1-7-17-13(10)18-12(11)16/h3-6,10-11,13,15H,1-2,7H2/t10-,11-,13+/m0/s1. The molecule has 3 atom stereocenters. The van der Waals surface area contributed by atoms with Crippen LogP contribution in [0.1, 0.15) is 12.8 Å². The van der Waals surface area contributed by atoms with Crippen LogP contribution in [0.4, 0.5) is 5.69 Å². The van der Waals surface area contributed by atoms with E-state index in [2.05, 4.69) is 27.9 Å². The molecule has 0 aromatic heterocycles. The molecule has 18 heavy (non-hydrogen) atoms. The predicted molar refractivity (Wildman–Crippen MR) is 75.1 cm³/mol. The van der Waals surface area contributed by atoms with E-state index in [0.29, 0.717) is 6.61 Å². The molecule has 2 aliphatic rings. The fourth-order valence-electron chi connectivity index (χ4n) is 2.48. The van der Waals surface area contributed by atoms with Crippen LogP contribution in [-0.2, 0) is 14.3 Å². The van der Waals surface area contributed by atoms with E-state index in [-0.39, 0.29) is 24.2 Å². The molecule has 2 heterocycles. The van der Waals surface area contributed by atoms with Gasteiger partial charge in [-0.1, -0.05) is 0 Å². The number of carbonyl (C=O) groups is 1. The lowest BCUT2D eigenvalue weighted by Gasteiger charge is -2.26. The number of nitrogens with one attached hydrogen (secondary N) is 1. The van der Waals surface area contributed by atoms with E-state index in [4.69, 9.17) is 9.47 Å². The van der Waals surface area contributed by atoms with Gasteiger partial charge in [0.05, 0.1) is 12.5 Å². The highest BCUT2D eigenvalue weighted by Crippen LogP contribution is 2.33. The van der Waals surface area contributed by atoms with E-state index in [1.54, 1.807) is 0 Å². The number of rotatable bonds is 2. The van der Waals surface area contributed by atoms with Gasteiger partial charge >= 0.3 is 5.97 Å². The highest BCUT2D eigenvalue weighted by Gasteiger charge is 2.46. The van der Waals surface area contributed by atoms with Crippen molar-refractivity contribution in [2.75, 3.05) is 11.9 Å². The smallest absolute Gasteiger partial charge is 0.331 e. The molecule has 3 rings (SSSR count). The van der Waals surface area contributed by atoms with Gasteiger partial charge < -0.3 is 14.8 Å². The first-order valence-corrected chi connectivity index (χ1v) is 7.16. The second kappa shape index (κ2) is 5.05. The van der Waals surface area contributed by atoms with Crippen molar-refractivity contribution in [1.29, 1.82) is 0 Å². The normalized spacial score (nSPS) is 30.7. The van der Waals surface area contributed by atoms with Gasteiger partial charge in [-0.3, -0.25) is 0 Å². The van der Waals surface area contributed by atoms with Crippen LogP contribution in [0.2, 0.25) is 0 Å². The first-order valence-electron chi connectivity index (χ1n) is 6.08. The van der Waals surface area contributed by atoms with E-state index in [0.717, 1.165) is 18.5 Å². The number of carbonyl (C=O) groups excluding carboxylic acids is 1. The van der Waals surface area contributed by atoms with E-state index in [1.165, 1.54) is 3.57 Å². The van der Waals surface area contributed by atoms with E-state index >= 15 is 0 Å². The molecule has 0 aliphatic carbocycles. The summed E-state index contributed by atoms with van der Waals surface area (Å²) in [6, 6.07) is 7.70. The Morgan fingerprint density at radius 3 is 2.83 bits per heavy atom. The van der Waals surface area contributed by atoms with Gasteiger partial charge in [0.1, 0.15) is 6.04 Å². The largest absolute Gasteiger partial charge is 0.434 e. The molecule has 2 saturated heterocycles. The first-order chi connectivity index (χ1) is 8.74. The molecular weight excluding hydrogens is 345 g/mol. The second-order valence-electron chi connectivity index (χ2n) is 4.61. The molecule has 1 N–H and O–H groups in total.